The number of hydrogen-bond donors (Lipinski definition) is 2. The van der Waals surface area contributed by atoms with Crippen LogP contribution in [0.1, 0.15) is 67.3 Å². The summed E-state index contributed by atoms with van der Waals surface area (Å²) in [6.07, 6.45) is 6.88. The van der Waals surface area contributed by atoms with E-state index in [1.807, 2.05) is 37.3 Å². The van der Waals surface area contributed by atoms with Crippen LogP contribution in [0.2, 0.25) is 0 Å². The minimum absolute atomic E-state index is 0.00807. The van der Waals surface area contributed by atoms with E-state index in [4.69, 9.17) is 4.55 Å². The number of benzene rings is 1. The van der Waals surface area contributed by atoms with Crippen LogP contribution in [0.4, 0.5) is 0 Å². The maximum Gasteiger partial charge on any atom is 0.251 e. The van der Waals surface area contributed by atoms with Gasteiger partial charge in [-0.1, -0.05) is 62.9 Å². The zero-order valence-electron chi connectivity index (χ0n) is 15.2. The summed E-state index contributed by atoms with van der Waals surface area (Å²) in [5.74, 6) is 1.000. The minimum Gasteiger partial charge on any atom is -0.325 e. The van der Waals surface area contributed by atoms with Crippen LogP contribution >= 0.6 is 0 Å². The van der Waals surface area contributed by atoms with E-state index in [0.29, 0.717) is 5.92 Å². The fourth-order valence-corrected chi connectivity index (χ4v) is 4.49. The number of aromatic amines is 1. The highest BCUT2D eigenvalue weighted by atomic mass is 32.2. The molecule has 2 atom stereocenters. The number of hydrogen-bond acceptors (Lipinski definition) is 2. The van der Waals surface area contributed by atoms with Crippen molar-refractivity contribution in [3.8, 4) is 0 Å². The van der Waals surface area contributed by atoms with Gasteiger partial charge in [-0.3, -0.25) is 4.79 Å². The van der Waals surface area contributed by atoms with Gasteiger partial charge in [0.2, 0.25) is 0 Å². The summed E-state index contributed by atoms with van der Waals surface area (Å²) in [4.78, 5) is 15.4. The molecule has 2 unspecified atom stereocenters. The Hall–Kier alpha value is -1.72. The van der Waals surface area contributed by atoms with Crippen LogP contribution in [-0.4, -0.2) is 13.7 Å². The molecule has 26 heavy (non-hydrogen) atoms. The summed E-state index contributed by atoms with van der Waals surface area (Å²) < 4.78 is 20.1. The Morgan fingerprint density at radius 1 is 1.15 bits per heavy atom. The van der Waals surface area contributed by atoms with E-state index in [0.717, 1.165) is 35.2 Å². The van der Waals surface area contributed by atoms with Crippen molar-refractivity contribution in [3.63, 3.8) is 0 Å². The second-order valence-corrected chi connectivity index (χ2v) is 8.20. The summed E-state index contributed by atoms with van der Waals surface area (Å²) in [5.41, 5.74) is 3.80. The smallest absolute Gasteiger partial charge is 0.251 e. The highest BCUT2D eigenvalue weighted by molar-refractivity contribution is 7.78. The molecular weight excluding hydrogens is 346 g/mol. The predicted molar refractivity (Wildman–Crippen MR) is 106 cm³/mol. The van der Waals surface area contributed by atoms with Gasteiger partial charge < -0.3 is 9.54 Å². The van der Waals surface area contributed by atoms with Gasteiger partial charge in [0.25, 0.3) is 5.56 Å². The monoisotopic (exact) mass is 373 g/mol. The summed E-state index contributed by atoms with van der Waals surface area (Å²) in [6.45, 7) is 1.99. The lowest BCUT2D eigenvalue weighted by Crippen LogP contribution is -2.17. The number of H-pyrrole nitrogens is 1. The molecule has 2 N–H and O–H groups in total. The summed E-state index contributed by atoms with van der Waals surface area (Å²) >= 11 is -1.83. The normalized spacial score (nSPS) is 17.3. The number of nitrogens with one attached hydrogen (secondary N) is 1. The van der Waals surface area contributed by atoms with E-state index in [9.17, 15) is 9.00 Å². The maximum atomic E-state index is 12.3. The number of aryl methyl sites for hydroxylation is 1. The molecule has 0 spiro atoms. The first-order valence-electron chi connectivity index (χ1n) is 9.45. The van der Waals surface area contributed by atoms with E-state index in [1.165, 1.54) is 25.7 Å². The van der Waals surface area contributed by atoms with Crippen LogP contribution < -0.4 is 5.56 Å². The number of aromatic nitrogens is 1. The number of pyridine rings is 1. The third kappa shape index (κ3) is 4.71. The van der Waals surface area contributed by atoms with Gasteiger partial charge in [0.1, 0.15) is 0 Å². The molecule has 3 rings (SSSR count). The average Bonchev–Trinajstić information content (AvgIpc) is 3.13. The van der Waals surface area contributed by atoms with E-state index in [-0.39, 0.29) is 17.2 Å². The maximum absolute atomic E-state index is 12.3. The van der Waals surface area contributed by atoms with Gasteiger partial charge in [-0.05, 0) is 36.0 Å². The fraction of sp³-hybridized carbons (Fsp3) is 0.476. The molecule has 1 aromatic heterocycles. The van der Waals surface area contributed by atoms with Crippen molar-refractivity contribution < 1.29 is 8.76 Å². The molecule has 0 amide bonds. The SMILES string of the molecule is CCc1ccc(C(CC2CCCC2)c2ccc(CS(=O)O)cc2)[nH]c1=O. The largest absolute Gasteiger partial charge is 0.325 e. The topological polar surface area (TPSA) is 70.2 Å². The minimum atomic E-state index is -1.83. The lowest BCUT2D eigenvalue weighted by atomic mass is 9.85. The molecule has 4 nitrogen and oxygen atoms in total. The molecule has 1 aromatic carbocycles. The third-order valence-corrected chi connectivity index (χ3v) is 6.07. The molecule has 140 valence electrons. The molecule has 1 saturated carbocycles. The molecule has 5 heteroatoms. The highest BCUT2D eigenvalue weighted by Gasteiger charge is 2.23. The number of rotatable bonds is 7. The van der Waals surface area contributed by atoms with Gasteiger partial charge in [0, 0.05) is 17.2 Å². The molecule has 2 aromatic rings. The predicted octanol–water partition coefficient (Wildman–Crippen LogP) is 4.37. The van der Waals surface area contributed by atoms with Gasteiger partial charge in [-0.25, -0.2) is 4.21 Å². The van der Waals surface area contributed by atoms with Crippen molar-refractivity contribution in [3.05, 3.63) is 69.1 Å². The first kappa shape index (κ1) is 19.1. The Kier molecular flexibility index (Phi) is 6.43. The first-order valence-corrected chi connectivity index (χ1v) is 10.7. The van der Waals surface area contributed by atoms with Crippen LogP contribution in [0.5, 0.6) is 0 Å². The van der Waals surface area contributed by atoms with Crippen molar-refractivity contribution in [2.45, 2.75) is 57.1 Å². The lowest BCUT2D eigenvalue weighted by Gasteiger charge is -2.22. The molecule has 1 aliphatic carbocycles. The van der Waals surface area contributed by atoms with Crippen LogP contribution in [0.15, 0.2) is 41.2 Å². The Bertz CT molecular complexity index is 807. The highest BCUT2D eigenvalue weighted by Crippen LogP contribution is 2.37. The quantitative estimate of drug-likeness (QED) is 0.708. The van der Waals surface area contributed by atoms with E-state index < -0.39 is 11.1 Å². The lowest BCUT2D eigenvalue weighted by molar-refractivity contribution is 0.468. The van der Waals surface area contributed by atoms with Crippen molar-refractivity contribution in [1.82, 2.24) is 4.98 Å². The second-order valence-electron chi connectivity index (χ2n) is 7.27. The van der Waals surface area contributed by atoms with Gasteiger partial charge in [0.15, 0.2) is 11.1 Å². The molecule has 0 radical (unpaired) electrons. The van der Waals surface area contributed by atoms with E-state index in [1.54, 1.807) is 0 Å². The summed E-state index contributed by atoms with van der Waals surface area (Å²) in [7, 11) is 0. The van der Waals surface area contributed by atoms with Crippen LogP contribution in [0.3, 0.4) is 0 Å². The summed E-state index contributed by atoms with van der Waals surface area (Å²) in [6, 6.07) is 11.9. The van der Waals surface area contributed by atoms with Gasteiger partial charge in [-0.2, -0.15) is 0 Å². The van der Waals surface area contributed by atoms with E-state index >= 15 is 0 Å². The second kappa shape index (κ2) is 8.78. The van der Waals surface area contributed by atoms with Crippen molar-refractivity contribution in [1.29, 1.82) is 0 Å². The Labute approximate surface area is 157 Å². The zero-order chi connectivity index (χ0) is 18.5. The standard InChI is InChI=1S/C21H27NO3S/c1-2-17-11-12-20(22-21(17)23)19(13-15-5-3-4-6-15)18-9-7-16(8-10-18)14-26(24)25/h7-12,15,19H,2-6,13-14H2,1H3,(H,22,23)(H,24,25). The zero-order valence-corrected chi connectivity index (χ0v) is 16.1. The van der Waals surface area contributed by atoms with Crippen LogP contribution in [0.25, 0.3) is 0 Å². The molecule has 1 heterocycles. The molecule has 1 aliphatic rings. The molecule has 1 fully saturated rings. The van der Waals surface area contributed by atoms with Gasteiger partial charge in [0.05, 0.1) is 5.75 Å². The van der Waals surface area contributed by atoms with Gasteiger partial charge in [-0.15, -0.1) is 0 Å². The molecule has 0 bridgehead atoms. The Morgan fingerprint density at radius 3 is 2.42 bits per heavy atom. The van der Waals surface area contributed by atoms with Crippen molar-refractivity contribution in [2.24, 2.45) is 5.92 Å². The third-order valence-electron chi connectivity index (χ3n) is 5.49. The van der Waals surface area contributed by atoms with Crippen molar-refractivity contribution >= 4 is 11.1 Å². The Balaban J connectivity index is 1.90. The fourth-order valence-electron chi connectivity index (χ4n) is 4.01. The first-order chi connectivity index (χ1) is 12.6. The average molecular weight is 374 g/mol. The Morgan fingerprint density at radius 2 is 1.85 bits per heavy atom. The molecular formula is C21H27NO3S. The molecule has 0 aliphatic heterocycles. The molecule has 0 saturated heterocycles. The van der Waals surface area contributed by atoms with Crippen LogP contribution in [0, 0.1) is 5.92 Å². The van der Waals surface area contributed by atoms with Crippen LogP contribution in [-0.2, 0) is 23.3 Å². The van der Waals surface area contributed by atoms with Crippen molar-refractivity contribution in [2.75, 3.05) is 0 Å². The van der Waals surface area contributed by atoms with E-state index in [2.05, 4.69) is 11.1 Å². The summed E-state index contributed by atoms with van der Waals surface area (Å²) in [5, 5.41) is 0. The van der Waals surface area contributed by atoms with Gasteiger partial charge >= 0.3 is 0 Å².